The summed E-state index contributed by atoms with van der Waals surface area (Å²) in [5.41, 5.74) is 2.75. The van der Waals surface area contributed by atoms with Gasteiger partial charge in [-0.25, -0.2) is 4.98 Å². The topological polar surface area (TPSA) is 84.4 Å². The van der Waals surface area contributed by atoms with E-state index in [4.69, 9.17) is 8.94 Å². The Labute approximate surface area is 168 Å². The van der Waals surface area contributed by atoms with Crippen LogP contribution >= 0.6 is 0 Å². The first-order chi connectivity index (χ1) is 14.1. The maximum atomic E-state index is 13.1. The molecule has 4 aromatic rings. The minimum absolute atomic E-state index is 0.190. The zero-order valence-electron chi connectivity index (χ0n) is 16.4. The summed E-state index contributed by atoms with van der Waals surface area (Å²) in [5, 5.41) is 7.78. The lowest BCUT2D eigenvalue weighted by Gasteiger charge is -2.11. The number of fused-ring (bicyclic) bond motifs is 1. The second-order valence-corrected chi connectivity index (χ2v) is 7.02. The number of nitrogens with zero attached hydrogens (tertiary/aromatic N) is 3. The van der Waals surface area contributed by atoms with Gasteiger partial charge in [-0.3, -0.25) is 4.79 Å². The lowest BCUT2D eigenvalue weighted by Crippen LogP contribution is -2.27. The Balaban J connectivity index is 1.76. The van der Waals surface area contributed by atoms with Crippen LogP contribution in [0.2, 0.25) is 0 Å². The van der Waals surface area contributed by atoms with E-state index in [-0.39, 0.29) is 5.91 Å². The van der Waals surface area contributed by atoms with Crippen LogP contribution in [0.1, 0.15) is 16.8 Å². The number of amides is 1. The van der Waals surface area contributed by atoms with Crippen molar-refractivity contribution in [2.75, 3.05) is 27.2 Å². The molecule has 29 heavy (non-hydrogen) atoms. The summed E-state index contributed by atoms with van der Waals surface area (Å²) in [7, 11) is 4.01. The van der Waals surface area contributed by atoms with E-state index >= 15 is 0 Å². The molecular weight excluding hydrogens is 368 g/mol. The van der Waals surface area contributed by atoms with Gasteiger partial charge >= 0.3 is 0 Å². The molecule has 7 heteroatoms. The van der Waals surface area contributed by atoms with Crippen molar-refractivity contribution in [1.29, 1.82) is 0 Å². The van der Waals surface area contributed by atoms with E-state index in [1.807, 2.05) is 44.4 Å². The highest BCUT2D eigenvalue weighted by Gasteiger charge is 2.22. The number of furan rings is 1. The molecule has 148 valence electrons. The minimum atomic E-state index is -0.190. The van der Waals surface area contributed by atoms with Gasteiger partial charge in [0, 0.05) is 12.1 Å². The van der Waals surface area contributed by atoms with Crippen LogP contribution in [0.4, 0.5) is 0 Å². The highest BCUT2D eigenvalue weighted by atomic mass is 16.5. The fourth-order valence-corrected chi connectivity index (χ4v) is 3.17. The fourth-order valence-electron chi connectivity index (χ4n) is 3.17. The van der Waals surface area contributed by atoms with Crippen LogP contribution in [-0.2, 0) is 0 Å². The third-order valence-corrected chi connectivity index (χ3v) is 4.58. The SMILES string of the molecule is CN(C)CCCNC(=O)c1cc(-c2ccco2)nc2onc(-c3ccccc3)c12. The Bertz CT molecular complexity index is 1100. The van der Waals surface area contributed by atoms with Gasteiger partial charge < -0.3 is 19.2 Å². The van der Waals surface area contributed by atoms with Crippen molar-refractivity contribution in [1.82, 2.24) is 20.4 Å². The predicted octanol–water partition coefficient (Wildman–Crippen LogP) is 3.83. The van der Waals surface area contributed by atoms with E-state index in [0.29, 0.717) is 40.4 Å². The normalized spacial score (nSPS) is 11.3. The van der Waals surface area contributed by atoms with E-state index in [0.717, 1.165) is 18.5 Å². The van der Waals surface area contributed by atoms with Crippen molar-refractivity contribution >= 4 is 17.0 Å². The van der Waals surface area contributed by atoms with Gasteiger partial charge in [-0.2, -0.15) is 0 Å². The zero-order valence-corrected chi connectivity index (χ0v) is 16.4. The average Bonchev–Trinajstić information content (AvgIpc) is 3.40. The molecule has 0 fully saturated rings. The number of rotatable bonds is 7. The van der Waals surface area contributed by atoms with Crippen LogP contribution in [0.3, 0.4) is 0 Å². The molecule has 0 saturated heterocycles. The van der Waals surface area contributed by atoms with Crippen molar-refractivity contribution in [2.45, 2.75) is 6.42 Å². The second-order valence-electron chi connectivity index (χ2n) is 7.02. The lowest BCUT2D eigenvalue weighted by atomic mass is 10.0. The average molecular weight is 390 g/mol. The smallest absolute Gasteiger partial charge is 0.259 e. The molecule has 0 unspecified atom stereocenters. The van der Waals surface area contributed by atoms with Crippen molar-refractivity contribution in [3.63, 3.8) is 0 Å². The van der Waals surface area contributed by atoms with Gasteiger partial charge in [0.15, 0.2) is 5.76 Å². The largest absolute Gasteiger partial charge is 0.463 e. The van der Waals surface area contributed by atoms with Gasteiger partial charge in [0.1, 0.15) is 11.4 Å². The van der Waals surface area contributed by atoms with Gasteiger partial charge in [-0.15, -0.1) is 0 Å². The standard InChI is InChI=1S/C22H22N4O3/c1-26(2)12-7-11-23-21(27)16-14-17(18-10-6-13-28-18)24-22-19(16)20(25-29-22)15-8-4-3-5-9-15/h3-6,8-10,13-14H,7,11-12H2,1-2H3,(H,23,27). The van der Waals surface area contributed by atoms with E-state index in [9.17, 15) is 4.79 Å². The summed E-state index contributed by atoms with van der Waals surface area (Å²) in [6.45, 7) is 1.47. The molecule has 1 N–H and O–H groups in total. The molecular formula is C22H22N4O3. The third-order valence-electron chi connectivity index (χ3n) is 4.58. The molecule has 4 rings (SSSR count). The van der Waals surface area contributed by atoms with Crippen molar-refractivity contribution in [2.24, 2.45) is 0 Å². The number of carbonyl (C=O) groups excluding carboxylic acids is 1. The summed E-state index contributed by atoms with van der Waals surface area (Å²) in [6.07, 6.45) is 2.42. The van der Waals surface area contributed by atoms with E-state index < -0.39 is 0 Å². The monoisotopic (exact) mass is 390 g/mol. The number of benzene rings is 1. The first-order valence-corrected chi connectivity index (χ1v) is 9.46. The number of hydrogen-bond donors (Lipinski definition) is 1. The molecule has 3 heterocycles. The van der Waals surface area contributed by atoms with Crippen LogP contribution < -0.4 is 5.32 Å². The molecule has 1 aromatic carbocycles. The molecule has 7 nitrogen and oxygen atoms in total. The number of carbonyl (C=O) groups is 1. The summed E-state index contributed by atoms with van der Waals surface area (Å²) < 4.78 is 11.0. The molecule has 0 spiro atoms. The molecule has 0 bridgehead atoms. The van der Waals surface area contributed by atoms with Gasteiger partial charge in [0.05, 0.1) is 17.2 Å². The highest BCUT2D eigenvalue weighted by Crippen LogP contribution is 2.32. The number of pyridine rings is 1. The minimum Gasteiger partial charge on any atom is -0.463 e. The summed E-state index contributed by atoms with van der Waals surface area (Å²) >= 11 is 0. The zero-order chi connectivity index (χ0) is 20.2. The molecule has 0 atom stereocenters. The Morgan fingerprint density at radius 1 is 1.14 bits per heavy atom. The fraction of sp³-hybridized carbons (Fsp3) is 0.227. The van der Waals surface area contributed by atoms with Crippen LogP contribution in [0.5, 0.6) is 0 Å². The first-order valence-electron chi connectivity index (χ1n) is 9.46. The summed E-state index contributed by atoms with van der Waals surface area (Å²) in [4.78, 5) is 19.7. The molecule has 0 radical (unpaired) electrons. The van der Waals surface area contributed by atoms with Crippen LogP contribution in [0.15, 0.2) is 63.7 Å². The Kier molecular flexibility index (Phi) is 5.39. The lowest BCUT2D eigenvalue weighted by molar-refractivity contribution is 0.0954. The number of aromatic nitrogens is 2. The molecule has 1 amide bonds. The van der Waals surface area contributed by atoms with Gasteiger partial charge in [0.2, 0.25) is 0 Å². The Morgan fingerprint density at radius 3 is 2.69 bits per heavy atom. The maximum Gasteiger partial charge on any atom is 0.259 e. The number of hydrogen-bond acceptors (Lipinski definition) is 6. The van der Waals surface area contributed by atoms with E-state index in [1.165, 1.54) is 0 Å². The predicted molar refractivity (Wildman–Crippen MR) is 110 cm³/mol. The van der Waals surface area contributed by atoms with Crippen molar-refractivity contribution in [3.05, 3.63) is 60.4 Å². The van der Waals surface area contributed by atoms with Gasteiger partial charge in [-0.05, 0) is 45.3 Å². The molecule has 0 aliphatic rings. The quantitative estimate of drug-likeness (QED) is 0.483. The van der Waals surface area contributed by atoms with Crippen molar-refractivity contribution in [3.8, 4) is 22.7 Å². The third kappa shape index (κ3) is 4.05. The van der Waals surface area contributed by atoms with Crippen molar-refractivity contribution < 1.29 is 13.7 Å². The molecule has 3 aromatic heterocycles. The maximum absolute atomic E-state index is 13.1. The first kappa shape index (κ1) is 18.9. The van der Waals surface area contributed by atoms with Crippen LogP contribution in [0.25, 0.3) is 33.8 Å². The summed E-state index contributed by atoms with van der Waals surface area (Å²) in [5.74, 6) is 0.371. The van der Waals surface area contributed by atoms with Gasteiger partial charge in [-0.1, -0.05) is 35.5 Å². The van der Waals surface area contributed by atoms with Crippen LogP contribution in [0, 0.1) is 0 Å². The molecule has 0 saturated carbocycles. The summed E-state index contributed by atoms with van der Waals surface area (Å²) in [6, 6.07) is 14.9. The van der Waals surface area contributed by atoms with E-state index in [2.05, 4.69) is 20.4 Å². The van der Waals surface area contributed by atoms with Crippen LogP contribution in [-0.4, -0.2) is 48.1 Å². The second kappa shape index (κ2) is 8.28. The number of nitrogens with one attached hydrogen (secondary N) is 1. The Morgan fingerprint density at radius 2 is 1.97 bits per heavy atom. The molecule has 0 aliphatic heterocycles. The highest BCUT2D eigenvalue weighted by molar-refractivity contribution is 6.10. The molecule has 0 aliphatic carbocycles. The Hall–Kier alpha value is -3.45. The van der Waals surface area contributed by atoms with E-state index in [1.54, 1.807) is 24.5 Å². The van der Waals surface area contributed by atoms with Gasteiger partial charge in [0.25, 0.3) is 11.6 Å².